The van der Waals surface area contributed by atoms with Gasteiger partial charge in [-0.25, -0.2) is 0 Å². The fourth-order valence-electron chi connectivity index (χ4n) is 3.77. The van der Waals surface area contributed by atoms with Gasteiger partial charge in [0.25, 0.3) is 5.91 Å². The van der Waals surface area contributed by atoms with Gasteiger partial charge in [0.05, 0.1) is 31.1 Å². The van der Waals surface area contributed by atoms with Crippen molar-refractivity contribution in [3.8, 4) is 11.5 Å². The van der Waals surface area contributed by atoms with E-state index in [0.29, 0.717) is 36.0 Å². The maximum Gasteiger partial charge on any atom is 0.255 e. The van der Waals surface area contributed by atoms with Gasteiger partial charge in [-0.05, 0) is 57.5 Å². The smallest absolute Gasteiger partial charge is 0.255 e. The van der Waals surface area contributed by atoms with Gasteiger partial charge in [-0.1, -0.05) is 12.1 Å². The van der Waals surface area contributed by atoms with E-state index in [9.17, 15) is 4.79 Å². The Balaban J connectivity index is 1.66. The van der Waals surface area contributed by atoms with Crippen molar-refractivity contribution >= 4 is 11.6 Å². The van der Waals surface area contributed by atoms with Crippen LogP contribution in [0.3, 0.4) is 0 Å². The number of hydrogen-bond donors (Lipinski definition) is 1. The van der Waals surface area contributed by atoms with Crippen molar-refractivity contribution in [2.75, 3.05) is 31.6 Å². The molecule has 1 heterocycles. The normalized spacial score (nSPS) is 19.3. The summed E-state index contributed by atoms with van der Waals surface area (Å²) in [6.07, 6.45) is 0.483. The summed E-state index contributed by atoms with van der Waals surface area (Å²) >= 11 is 0. The second-order valence-electron chi connectivity index (χ2n) is 7.63. The minimum Gasteiger partial charge on any atom is -0.494 e. The molecule has 1 N–H and O–H groups in total. The Bertz CT molecular complexity index is 828. The third-order valence-corrected chi connectivity index (χ3v) is 4.93. The molecule has 1 aliphatic rings. The molecule has 162 valence electrons. The van der Waals surface area contributed by atoms with Crippen molar-refractivity contribution in [3.05, 3.63) is 53.6 Å². The molecule has 0 saturated carbocycles. The van der Waals surface area contributed by atoms with Gasteiger partial charge < -0.3 is 19.5 Å². The first-order chi connectivity index (χ1) is 14.5. The number of nitrogens with zero attached hydrogens (tertiary/aromatic N) is 1. The lowest BCUT2D eigenvalue weighted by molar-refractivity contribution is -0.0704. The van der Waals surface area contributed by atoms with Gasteiger partial charge >= 0.3 is 0 Å². The minimum atomic E-state index is -0.176. The summed E-state index contributed by atoms with van der Waals surface area (Å²) in [6.45, 7) is 11.8. The SMILES string of the molecule is CCOc1ccc(OCC)c(NC(=O)c2ccc(CN3CC(C)OC(C)C3)cc2)c1. The van der Waals surface area contributed by atoms with E-state index in [4.69, 9.17) is 14.2 Å². The molecule has 0 bridgehead atoms. The topological polar surface area (TPSA) is 60.0 Å². The van der Waals surface area contributed by atoms with Gasteiger partial charge in [-0.3, -0.25) is 9.69 Å². The first kappa shape index (κ1) is 22.1. The van der Waals surface area contributed by atoms with Crippen molar-refractivity contribution in [2.24, 2.45) is 0 Å². The van der Waals surface area contributed by atoms with Gasteiger partial charge in [0.1, 0.15) is 11.5 Å². The lowest BCUT2D eigenvalue weighted by Gasteiger charge is -2.35. The molecule has 1 saturated heterocycles. The Morgan fingerprint density at radius 3 is 2.33 bits per heavy atom. The maximum absolute atomic E-state index is 12.8. The molecule has 1 amide bonds. The van der Waals surface area contributed by atoms with Crippen LogP contribution in [-0.4, -0.2) is 49.3 Å². The molecule has 6 nitrogen and oxygen atoms in total. The lowest BCUT2D eigenvalue weighted by Crippen LogP contribution is -2.44. The zero-order chi connectivity index (χ0) is 21.5. The molecule has 0 spiro atoms. The molecule has 1 aliphatic heterocycles. The van der Waals surface area contributed by atoms with Crippen molar-refractivity contribution in [3.63, 3.8) is 0 Å². The van der Waals surface area contributed by atoms with E-state index in [1.807, 2.05) is 50.2 Å². The molecule has 6 heteroatoms. The van der Waals surface area contributed by atoms with Gasteiger partial charge in [-0.2, -0.15) is 0 Å². The monoisotopic (exact) mass is 412 g/mol. The standard InChI is InChI=1S/C24H32N2O4/c1-5-28-21-11-12-23(29-6-2)22(13-21)25-24(27)20-9-7-19(8-10-20)16-26-14-17(3)30-18(4)15-26/h7-13,17-18H,5-6,14-16H2,1-4H3,(H,25,27). The highest BCUT2D eigenvalue weighted by Gasteiger charge is 2.22. The number of amides is 1. The highest BCUT2D eigenvalue weighted by Crippen LogP contribution is 2.30. The third-order valence-electron chi connectivity index (χ3n) is 4.93. The second kappa shape index (κ2) is 10.5. The van der Waals surface area contributed by atoms with Crippen LogP contribution in [-0.2, 0) is 11.3 Å². The maximum atomic E-state index is 12.8. The van der Waals surface area contributed by atoms with E-state index in [2.05, 4.69) is 24.1 Å². The number of benzene rings is 2. The molecule has 0 aromatic heterocycles. The first-order valence-corrected chi connectivity index (χ1v) is 10.7. The molecule has 1 fully saturated rings. The molecule has 2 aromatic rings. The third kappa shape index (κ3) is 5.97. The summed E-state index contributed by atoms with van der Waals surface area (Å²) in [5.41, 5.74) is 2.39. The Kier molecular flexibility index (Phi) is 7.71. The number of nitrogens with one attached hydrogen (secondary N) is 1. The minimum absolute atomic E-state index is 0.176. The molecule has 0 aliphatic carbocycles. The fourth-order valence-corrected chi connectivity index (χ4v) is 3.77. The average Bonchev–Trinajstić information content (AvgIpc) is 2.70. The Labute approximate surface area is 179 Å². The molecule has 0 radical (unpaired) electrons. The zero-order valence-electron chi connectivity index (χ0n) is 18.3. The lowest BCUT2D eigenvalue weighted by atomic mass is 10.1. The van der Waals surface area contributed by atoms with Crippen LogP contribution in [0.15, 0.2) is 42.5 Å². The van der Waals surface area contributed by atoms with E-state index in [1.165, 1.54) is 5.56 Å². The summed E-state index contributed by atoms with van der Waals surface area (Å²) < 4.78 is 17.0. The van der Waals surface area contributed by atoms with Crippen LogP contribution >= 0.6 is 0 Å². The zero-order valence-corrected chi connectivity index (χ0v) is 18.3. The number of anilines is 1. The predicted octanol–water partition coefficient (Wildman–Crippen LogP) is 4.35. The average molecular weight is 413 g/mol. The van der Waals surface area contributed by atoms with Crippen LogP contribution < -0.4 is 14.8 Å². The van der Waals surface area contributed by atoms with Gasteiger partial charge in [-0.15, -0.1) is 0 Å². The Hall–Kier alpha value is -2.57. The van der Waals surface area contributed by atoms with Crippen LogP contribution in [0.4, 0.5) is 5.69 Å². The highest BCUT2D eigenvalue weighted by molar-refractivity contribution is 6.05. The summed E-state index contributed by atoms with van der Waals surface area (Å²) in [4.78, 5) is 15.2. The van der Waals surface area contributed by atoms with Crippen molar-refractivity contribution < 1.29 is 19.0 Å². The summed E-state index contributed by atoms with van der Waals surface area (Å²) in [6, 6.07) is 13.2. The summed E-state index contributed by atoms with van der Waals surface area (Å²) in [5.74, 6) is 1.15. The van der Waals surface area contributed by atoms with Crippen molar-refractivity contribution in [2.45, 2.75) is 46.4 Å². The van der Waals surface area contributed by atoms with E-state index >= 15 is 0 Å². The van der Waals surface area contributed by atoms with Gasteiger partial charge in [0.15, 0.2) is 0 Å². The van der Waals surface area contributed by atoms with Crippen LogP contribution in [0.2, 0.25) is 0 Å². The Morgan fingerprint density at radius 1 is 1.03 bits per heavy atom. The molecular formula is C24H32N2O4. The number of carbonyl (C=O) groups excluding carboxylic acids is 1. The molecule has 3 rings (SSSR count). The highest BCUT2D eigenvalue weighted by atomic mass is 16.5. The van der Waals surface area contributed by atoms with Gasteiger partial charge in [0.2, 0.25) is 0 Å². The molecule has 2 aromatic carbocycles. The van der Waals surface area contributed by atoms with E-state index < -0.39 is 0 Å². The second-order valence-corrected chi connectivity index (χ2v) is 7.63. The van der Waals surface area contributed by atoms with Crippen LogP contribution in [0, 0.1) is 0 Å². The van der Waals surface area contributed by atoms with Crippen molar-refractivity contribution in [1.29, 1.82) is 0 Å². The van der Waals surface area contributed by atoms with E-state index in [0.717, 1.165) is 19.6 Å². The van der Waals surface area contributed by atoms with Crippen molar-refractivity contribution in [1.82, 2.24) is 4.90 Å². The number of carbonyl (C=O) groups is 1. The van der Waals surface area contributed by atoms with Gasteiger partial charge in [0, 0.05) is 31.3 Å². The van der Waals surface area contributed by atoms with E-state index in [-0.39, 0.29) is 18.1 Å². The number of hydrogen-bond acceptors (Lipinski definition) is 5. The quantitative estimate of drug-likeness (QED) is 0.699. The van der Waals surface area contributed by atoms with Crippen LogP contribution in [0.5, 0.6) is 11.5 Å². The molecule has 2 unspecified atom stereocenters. The van der Waals surface area contributed by atoms with Crippen LogP contribution in [0.25, 0.3) is 0 Å². The fraction of sp³-hybridized carbons (Fsp3) is 0.458. The summed E-state index contributed by atoms with van der Waals surface area (Å²) in [7, 11) is 0. The largest absolute Gasteiger partial charge is 0.494 e. The number of ether oxygens (including phenoxy) is 3. The van der Waals surface area contributed by atoms with Crippen LogP contribution in [0.1, 0.15) is 43.6 Å². The molecular weight excluding hydrogens is 380 g/mol. The predicted molar refractivity (Wildman–Crippen MR) is 118 cm³/mol. The first-order valence-electron chi connectivity index (χ1n) is 10.7. The molecule has 30 heavy (non-hydrogen) atoms. The summed E-state index contributed by atoms with van der Waals surface area (Å²) in [5, 5.41) is 2.95. The number of rotatable bonds is 8. The number of morpholine rings is 1. The Morgan fingerprint density at radius 2 is 1.70 bits per heavy atom. The molecule has 2 atom stereocenters. The van der Waals surface area contributed by atoms with E-state index in [1.54, 1.807) is 6.07 Å².